The Morgan fingerprint density at radius 2 is 1.75 bits per heavy atom. The van der Waals surface area contributed by atoms with Crippen LogP contribution in [0.1, 0.15) is 19.3 Å². The van der Waals surface area contributed by atoms with Gasteiger partial charge in [-0.05, 0) is 37.1 Å². The number of piperidine rings is 1. The van der Waals surface area contributed by atoms with Crippen molar-refractivity contribution in [1.29, 1.82) is 0 Å². The molecule has 1 heterocycles. The van der Waals surface area contributed by atoms with E-state index < -0.39 is 10.0 Å². The van der Waals surface area contributed by atoms with Crippen molar-refractivity contribution < 1.29 is 13.2 Å². The molecular formula is C13H17BrN2O3S. The van der Waals surface area contributed by atoms with Crippen molar-refractivity contribution in [3.63, 3.8) is 0 Å². The lowest BCUT2D eigenvalue weighted by Crippen LogP contribution is -2.35. The van der Waals surface area contributed by atoms with Gasteiger partial charge in [-0.1, -0.05) is 22.4 Å². The second-order valence-corrected chi connectivity index (χ2v) is 7.17. The van der Waals surface area contributed by atoms with E-state index in [-0.39, 0.29) is 16.1 Å². The van der Waals surface area contributed by atoms with Crippen molar-refractivity contribution in [2.24, 2.45) is 0 Å². The fourth-order valence-corrected chi connectivity index (χ4v) is 3.82. The van der Waals surface area contributed by atoms with E-state index in [0.717, 1.165) is 19.3 Å². The molecule has 0 spiro atoms. The van der Waals surface area contributed by atoms with Gasteiger partial charge in [0.05, 0.1) is 10.2 Å². The van der Waals surface area contributed by atoms with Crippen molar-refractivity contribution >= 4 is 37.5 Å². The Labute approximate surface area is 127 Å². The summed E-state index contributed by atoms with van der Waals surface area (Å²) in [7, 11) is -3.40. The molecule has 1 amide bonds. The number of hydrogen-bond donors (Lipinski definition) is 1. The number of alkyl halides is 1. The summed E-state index contributed by atoms with van der Waals surface area (Å²) in [6, 6.07) is 6.29. The first-order valence-corrected chi connectivity index (χ1v) is 9.06. The summed E-state index contributed by atoms with van der Waals surface area (Å²) in [4.78, 5) is 11.5. The molecule has 0 aromatic heterocycles. The van der Waals surface area contributed by atoms with Gasteiger partial charge in [0, 0.05) is 18.8 Å². The van der Waals surface area contributed by atoms with E-state index in [1.165, 1.54) is 16.4 Å². The molecule has 0 saturated carbocycles. The molecule has 20 heavy (non-hydrogen) atoms. The summed E-state index contributed by atoms with van der Waals surface area (Å²) < 4.78 is 26.3. The zero-order valence-corrected chi connectivity index (χ0v) is 13.4. The lowest BCUT2D eigenvalue weighted by Gasteiger charge is -2.25. The molecule has 1 aromatic carbocycles. The molecule has 1 aliphatic rings. The maximum atomic E-state index is 12.4. The Bertz CT molecular complexity index is 566. The topological polar surface area (TPSA) is 66.5 Å². The minimum atomic E-state index is -3.40. The highest BCUT2D eigenvalue weighted by Crippen LogP contribution is 2.21. The maximum Gasteiger partial charge on any atom is 0.243 e. The molecule has 110 valence electrons. The maximum absolute atomic E-state index is 12.4. The molecule has 0 aliphatic carbocycles. The van der Waals surface area contributed by atoms with Crippen LogP contribution in [0.4, 0.5) is 5.69 Å². The average molecular weight is 361 g/mol. The number of carbonyl (C=O) groups is 1. The van der Waals surface area contributed by atoms with Crippen LogP contribution in [-0.4, -0.2) is 37.0 Å². The number of hydrogen-bond acceptors (Lipinski definition) is 3. The quantitative estimate of drug-likeness (QED) is 0.836. The Balaban J connectivity index is 2.14. The predicted molar refractivity (Wildman–Crippen MR) is 81.5 cm³/mol. The number of benzene rings is 1. The van der Waals surface area contributed by atoms with Gasteiger partial charge >= 0.3 is 0 Å². The first kappa shape index (κ1) is 15.5. The van der Waals surface area contributed by atoms with E-state index in [4.69, 9.17) is 0 Å². The lowest BCUT2D eigenvalue weighted by molar-refractivity contribution is -0.113. The van der Waals surface area contributed by atoms with Crippen LogP contribution in [0.2, 0.25) is 0 Å². The summed E-state index contributed by atoms with van der Waals surface area (Å²) in [5.74, 6) is -0.170. The molecule has 0 unspecified atom stereocenters. The van der Waals surface area contributed by atoms with Gasteiger partial charge in [0.25, 0.3) is 0 Å². The number of rotatable bonds is 4. The van der Waals surface area contributed by atoms with E-state index >= 15 is 0 Å². The molecule has 7 heteroatoms. The SMILES string of the molecule is O=C(CBr)Nc1ccc(S(=O)(=O)N2CCCCC2)cc1. The van der Waals surface area contributed by atoms with Crippen LogP contribution in [0, 0.1) is 0 Å². The minimum absolute atomic E-state index is 0.170. The van der Waals surface area contributed by atoms with Gasteiger partial charge in [0.15, 0.2) is 0 Å². The van der Waals surface area contributed by atoms with Crippen molar-refractivity contribution in [2.75, 3.05) is 23.7 Å². The third-order valence-corrected chi connectivity index (χ3v) is 5.63. The second kappa shape index (κ2) is 6.69. The van der Waals surface area contributed by atoms with Gasteiger partial charge in [-0.3, -0.25) is 4.79 Å². The Morgan fingerprint density at radius 3 is 2.30 bits per heavy atom. The zero-order chi connectivity index (χ0) is 14.6. The molecule has 1 saturated heterocycles. The van der Waals surface area contributed by atoms with Crippen molar-refractivity contribution in [2.45, 2.75) is 24.2 Å². The number of amides is 1. The Hall–Kier alpha value is -0.920. The Kier molecular flexibility index (Phi) is 5.17. The van der Waals surface area contributed by atoms with Crippen LogP contribution in [-0.2, 0) is 14.8 Å². The van der Waals surface area contributed by atoms with Gasteiger partial charge in [-0.15, -0.1) is 0 Å². The van der Waals surface area contributed by atoms with E-state index in [2.05, 4.69) is 21.2 Å². The monoisotopic (exact) mass is 360 g/mol. The standard InChI is InChI=1S/C13H17BrN2O3S/c14-10-13(17)15-11-4-6-12(7-5-11)20(18,19)16-8-2-1-3-9-16/h4-7H,1-3,8-10H2,(H,15,17). The first-order chi connectivity index (χ1) is 9.54. The van der Waals surface area contributed by atoms with Crippen molar-refractivity contribution in [3.8, 4) is 0 Å². The van der Waals surface area contributed by atoms with Crippen LogP contribution in [0.15, 0.2) is 29.2 Å². The summed E-state index contributed by atoms with van der Waals surface area (Å²) in [5.41, 5.74) is 0.590. The molecule has 1 N–H and O–H groups in total. The number of anilines is 1. The van der Waals surface area contributed by atoms with E-state index in [0.29, 0.717) is 18.8 Å². The van der Waals surface area contributed by atoms with Crippen LogP contribution in [0.25, 0.3) is 0 Å². The summed E-state index contributed by atoms with van der Waals surface area (Å²) in [6.45, 7) is 1.18. The highest BCUT2D eigenvalue weighted by molar-refractivity contribution is 9.09. The largest absolute Gasteiger partial charge is 0.325 e. The van der Waals surface area contributed by atoms with Gasteiger partial charge < -0.3 is 5.32 Å². The van der Waals surface area contributed by atoms with Crippen LogP contribution < -0.4 is 5.32 Å². The molecular weight excluding hydrogens is 344 g/mol. The fourth-order valence-electron chi connectivity index (χ4n) is 2.16. The van der Waals surface area contributed by atoms with Crippen LogP contribution in [0.5, 0.6) is 0 Å². The molecule has 0 atom stereocenters. The second-order valence-electron chi connectivity index (χ2n) is 4.67. The number of sulfonamides is 1. The van der Waals surface area contributed by atoms with E-state index in [1.54, 1.807) is 12.1 Å². The van der Waals surface area contributed by atoms with Crippen molar-refractivity contribution in [1.82, 2.24) is 4.31 Å². The fraction of sp³-hybridized carbons (Fsp3) is 0.462. The Morgan fingerprint density at radius 1 is 1.15 bits per heavy atom. The van der Waals surface area contributed by atoms with Crippen molar-refractivity contribution in [3.05, 3.63) is 24.3 Å². The minimum Gasteiger partial charge on any atom is -0.325 e. The summed E-state index contributed by atoms with van der Waals surface area (Å²) in [6.07, 6.45) is 2.92. The van der Waals surface area contributed by atoms with Gasteiger partial charge in [0.1, 0.15) is 0 Å². The first-order valence-electron chi connectivity index (χ1n) is 6.50. The van der Waals surface area contributed by atoms with E-state index in [1.807, 2.05) is 0 Å². The molecule has 1 fully saturated rings. The molecule has 0 bridgehead atoms. The molecule has 5 nitrogen and oxygen atoms in total. The summed E-state index contributed by atoms with van der Waals surface area (Å²) in [5, 5.41) is 2.86. The molecule has 1 aliphatic heterocycles. The third kappa shape index (κ3) is 3.59. The number of halogens is 1. The normalized spacial score (nSPS) is 16.9. The van der Waals surface area contributed by atoms with Gasteiger partial charge in [-0.25, -0.2) is 8.42 Å². The lowest BCUT2D eigenvalue weighted by atomic mass is 10.2. The zero-order valence-electron chi connectivity index (χ0n) is 11.0. The third-order valence-electron chi connectivity index (χ3n) is 3.21. The van der Waals surface area contributed by atoms with Gasteiger partial charge in [0.2, 0.25) is 15.9 Å². The molecule has 1 aromatic rings. The smallest absolute Gasteiger partial charge is 0.243 e. The molecule has 2 rings (SSSR count). The van der Waals surface area contributed by atoms with Crippen LogP contribution in [0.3, 0.4) is 0 Å². The van der Waals surface area contributed by atoms with E-state index in [9.17, 15) is 13.2 Å². The van der Waals surface area contributed by atoms with Crippen LogP contribution >= 0.6 is 15.9 Å². The number of nitrogens with zero attached hydrogens (tertiary/aromatic N) is 1. The average Bonchev–Trinajstić information content (AvgIpc) is 2.48. The number of carbonyl (C=O) groups excluding carboxylic acids is 1. The van der Waals surface area contributed by atoms with Gasteiger partial charge in [-0.2, -0.15) is 4.31 Å². The number of nitrogens with one attached hydrogen (secondary N) is 1. The summed E-state index contributed by atoms with van der Waals surface area (Å²) >= 11 is 3.06. The predicted octanol–water partition coefficient (Wildman–Crippen LogP) is 2.19. The highest BCUT2D eigenvalue weighted by Gasteiger charge is 2.25. The highest BCUT2D eigenvalue weighted by atomic mass is 79.9. The molecule has 0 radical (unpaired) electrons.